The van der Waals surface area contributed by atoms with Crippen LogP contribution in [0.4, 0.5) is 0 Å². The lowest BCUT2D eigenvalue weighted by molar-refractivity contribution is -0.148. The third-order valence-electron chi connectivity index (χ3n) is 15.6. The lowest BCUT2D eigenvalue weighted by Gasteiger charge is -2.34. The summed E-state index contributed by atoms with van der Waals surface area (Å²) in [4.78, 5) is 188. The minimum Gasteiger partial charge on any atom is -0.480 e. The van der Waals surface area contributed by atoms with Crippen LogP contribution in [0, 0.1) is 5.92 Å². The molecule has 13 atom stereocenters. The maximum atomic E-state index is 14.7. The first-order valence-corrected chi connectivity index (χ1v) is 34.3. The van der Waals surface area contributed by atoms with Crippen molar-refractivity contribution in [3.05, 3.63) is 0 Å². The van der Waals surface area contributed by atoms with E-state index >= 15 is 0 Å². The molecule has 0 aliphatic carbocycles. The Morgan fingerprint density at radius 2 is 1.04 bits per heavy atom. The number of nitrogens with two attached hydrogens (primary N) is 1. The van der Waals surface area contributed by atoms with Crippen molar-refractivity contribution < 1.29 is 72.5 Å². The molecule has 0 aromatic carbocycles. The molecule has 28 nitrogen and oxygen atoms in total. The minimum atomic E-state index is -1.71. The maximum Gasteiger partial charge on any atom is 0.327 e. The number of carboxylic acid groups (broad SMARTS) is 1. The molecule has 0 spiro atoms. The predicted octanol–water partition coefficient (Wildman–Crippen LogP) is -2.41. The van der Waals surface area contributed by atoms with Crippen molar-refractivity contribution in [2.24, 2.45) is 11.7 Å². The Kier molecular flexibility index (Phi) is 28.6. The molecule has 0 aromatic heterocycles. The van der Waals surface area contributed by atoms with E-state index in [0.29, 0.717) is 44.9 Å². The summed E-state index contributed by atoms with van der Waals surface area (Å²) in [6, 6.07) is -15.9. The molecule has 5 heterocycles. The van der Waals surface area contributed by atoms with Gasteiger partial charge in [-0.3, -0.25) is 57.5 Å². The van der Waals surface area contributed by atoms with Crippen LogP contribution in [0.2, 0.25) is 0 Å². The minimum absolute atomic E-state index is 0.0438. The molecule has 0 unspecified atom stereocenters. The van der Waals surface area contributed by atoms with Crippen molar-refractivity contribution in [2.75, 3.05) is 55.8 Å². The highest BCUT2D eigenvalue weighted by Crippen LogP contribution is 2.29. The highest BCUT2D eigenvalue weighted by molar-refractivity contribution is 8.77. The summed E-state index contributed by atoms with van der Waals surface area (Å²) >= 11 is 0. The number of hydrogen-bond donors (Lipinski definition) is 12. The van der Waals surface area contributed by atoms with Gasteiger partial charge in [-0.05, 0) is 63.7 Å². The molecule has 5 aliphatic heterocycles. The van der Waals surface area contributed by atoms with Crippen molar-refractivity contribution in [2.45, 2.75) is 191 Å². The summed E-state index contributed by atoms with van der Waals surface area (Å²) in [5.41, 5.74) is 5.65. The van der Waals surface area contributed by atoms with Crippen molar-refractivity contribution in [1.29, 1.82) is 0 Å². The van der Waals surface area contributed by atoms with E-state index in [9.17, 15) is 72.5 Å². The molecule has 5 fully saturated rings. The summed E-state index contributed by atoms with van der Waals surface area (Å²) in [5, 5.41) is 44.7. The van der Waals surface area contributed by atoms with Gasteiger partial charge < -0.3 is 78.5 Å². The Hall–Kier alpha value is -5.57. The fourth-order valence-electron chi connectivity index (χ4n) is 10.5. The molecule has 476 valence electrons. The van der Waals surface area contributed by atoms with Crippen LogP contribution >= 0.6 is 43.2 Å². The van der Waals surface area contributed by atoms with E-state index in [1.165, 1.54) is 14.7 Å². The largest absolute Gasteiger partial charge is 0.480 e. The molecule has 5 aliphatic rings. The van der Waals surface area contributed by atoms with Gasteiger partial charge in [0.1, 0.15) is 72.5 Å². The smallest absolute Gasteiger partial charge is 0.327 e. The summed E-state index contributed by atoms with van der Waals surface area (Å²) in [6.07, 6.45) is 3.84. The van der Waals surface area contributed by atoms with Gasteiger partial charge in [0.2, 0.25) is 70.9 Å². The summed E-state index contributed by atoms with van der Waals surface area (Å²) in [6.45, 7) is 7.59. The number of aliphatic hydroxyl groups is 1. The van der Waals surface area contributed by atoms with E-state index in [4.69, 9.17) is 5.73 Å². The molecule has 13 N–H and O–H groups in total. The second-order valence-corrected chi connectivity index (χ2v) is 26.8. The number of rotatable bonds is 12. The molecule has 0 aromatic rings. The Balaban J connectivity index is 1.62. The van der Waals surface area contributed by atoms with Crippen molar-refractivity contribution >= 4 is 120 Å². The normalized spacial score (nSPS) is 30.5. The average Bonchev–Trinajstić information content (AvgIpc) is 4.52. The maximum absolute atomic E-state index is 14.7. The number of aliphatic hydroxyl groups excluding tert-OH is 1. The first kappa shape index (κ1) is 70.2. The molecule has 5 rings (SSSR count). The molecule has 5 saturated heterocycles. The standard InChI is InChI=1S/C53H85N13O15S4/c1-6-10-15-31-51(78)66-21-13-18-39(66)52(79)65-20-12-17-38(65)47(74)61-35-26-83-82-24-33(55-40(68)22-54)44(71)60-34(45(72)59-32(23-67)43(70)58-31)25-84-85-27-36(53(80)81)62-48(75)37-16-11-19-64(37)50(77)30(14-7-2)57-42(69)29(9-4)56-49(76)41(28(5)8-3)63-46(35)73/h28-39,41,67H,6-27,54H2,1-5H3,(H,55,68)(H,56,76)(H,57,69)(H,58,70)(H,59,72)(H,60,71)(H,61,74)(H,62,75)(H,63,73)(H,80,81)/t28-,29+,30+,31+,32+,33+,34+,35+,36+,37+,38+,39+,41+/m1/s1. The molecule has 0 saturated carbocycles. The average molecular weight is 1270 g/mol. The third kappa shape index (κ3) is 19.5. The fourth-order valence-corrected chi connectivity index (χ4v) is 15.2. The first-order chi connectivity index (χ1) is 40.6. The van der Waals surface area contributed by atoms with Crippen molar-refractivity contribution in [1.82, 2.24) is 62.6 Å². The number of hydrogen-bond acceptors (Lipinski definition) is 19. The number of carbonyl (C=O) groups excluding carboxylic acids is 12. The van der Waals surface area contributed by atoms with E-state index < -0.39 is 168 Å². The molecule has 2 bridgehead atoms. The lowest BCUT2D eigenvalue weighted by atomic mass is 9.97. The second kappa shape index (κ2) is 34.7. The van der Waals surface area contributed by atoms with Gasteiger partial charge in [-0.1, -0.05) is 103 Å². The zero-order valence-electron chi connectivity index (χ0n) is 48.8. The van der Waals surface area contributed by atoms with Crippen LogP contribution in [-0.4, -0.2) is 230 Å². The van der Waals surface area contributed by atoms with Gasteiger partial charge in [0.25, 0.3) is 0 Å². The fraction of sp³-hybridized carbons (Fsp3) is 0.755. The van der Waals surface area contributed by atoms with Crippen LogP contribution in [0.15, 0.2) is 0 Å². The SMILES string of the molecule is CCCC[C@@H]1NC(=O)[C@H](CO)NC(=O)[C@@H]2CSSC[C@@H](C(=O)O)NC(=O)[C@@H]3CCCN3C(=O)[C@H](CCC)NC(=O)[C@H](CC)NC(=O)[C@H]([C@H](C)CC)NC(=O)[C@H](CSSC[C@H](NC(=O)CN)C(=O)N2)NC(=O)[C@@H]2CCCN2C(=O)[C@@H]2CCCN2C1=O. The molecule has 85 heavy (non-hydrogen) atoms. The van der Waals surface area contributed by atoms with Gasteiger partial charge in [-0.2, -0.15) is 0 Å². The predicted molar refractivity (Wildman–Crippen MR) is 319 cm³/mol. The molecule has 32 heteroatoms. The lowest BCUT2D eigenvalue weighted by Crippen LogP contribution is -2.61. The number of unbranched alkanes of at least 4 members (excludes halogenated alkanes) is 1. The van der Waals surface area contributed by atoms with Crippen LogP contribution in [-0.2, 0) is 62.3 Å². The number of nitrogens with zero attached hydrogens (tertiary/aromatic N) is 3. The van der Waals surface area contributed by atoms with E-state index in [1.807, 2.05) is 6.92 Å². The van der Waals surface area contributed by atoms with Crippen LogP contribution in [0.25, 0.3) is 0 Å². The summed E-state index contributed by atoms with van der Waals surface area (Å²) in [5.74, 6) is -12.4. The molecular weight excluding hydrogens is 1190 g/mol. The topological polar surface area (TPSA) is 406 Å². The van der Waals surface area contributed by atoms with Crippen LogP contribution in [0.1, 0.15) is 118 Å². The molecule has 12 amide bonds. The highest BCUT2D eigenvalue weighted by atomic mass is 33.1. The van der Waals surface area contributed by atoms with Gasteiger partial charge in [0, 0.05) is 42.6 Å². The number of fused-ring (bicyclic) bond motifs is 11. The third-order valence-corrected chi connectivity index (χ3v) is 20.5. The Labute approximate surface area is 510 Å². The van der Waals surface area contributed by atoms with Gasteiger partial charge >= 0.3 is 5.97 Å². The first-order valence-electron chi connectivity index (χ1n) is 29.3. The van der Waals surface area contributed by atoms with E-state index in [1.54, 1.807) is 27.7 Å². The van der Waals surface area contributed by atoms with Gasteiger partial charge in [0.05, 0.1) is 13.2 Å². The van der Waals surface area contributed by atoms with Gasteiger partial charge in [-0.25, -0.2) is 4.79 Å². The molecule has 0 radical (unpaired) electrons. The Morgan fingerprint density at radius 1 is 0.553 bits per heavy atom. The summed E-state index contributed by atoms with van der Waals surface area (Å²) < 4.78 is 0. The van der Waals surface area contributed by atoms with E-state index in [-0.39, 0.29) is 81.2 Å². The highest BCUT2D eigenvalue weighted by Gasteiger charge is 2.46. The summed E-state index contributed by atoms with van der Waals surface area (Å²) in [7, 11) is 3.74. The monoisotopic (exact) mass is 1270 g/mol. The quantitative estimate of drug-likeness (QED) is 0.0906. The Morgan fingerprint density at radius 3 is 1.58 bits per heavy atom. The number of amides is 12. The molecular formula is C53H85N13O15S4. The number of carboxylic acids is 1. The van der Waals surface area contributed by atoms with Gasteiger partial charge in [0.15, 0.2) is 0 Å². The zero-order chi connectivity index (χ0) is 62.5. The second-order valence-electron chi connectivity index (χ2n) is 21.7. The van der Waals surface area contributed by atoms with Gasteiger partial charge in [-0.15, -0.1) is 0 Å². The Bertz CT molecular complexity index is 2440. The zero-order valence-corrected chi connectivity index (χ0v) is 52.1. The van der Waals surface area contributed by atoms with E-state index in [2.05, 4.69) is 47.9 Å². The van der Waals surface area contributed by atoms with Crippen LogP contribution < -0.4 is 53.6 Å². The van der Waals surface area contributed by atoms with E-state index in [0.717, 1.165) is 43.2 Å². The van der Waals surface area contributed by atoms with Crippen molar-refractivity contribution in [3.63, 3.8) is 0 Å². The van der Waals surface area contributed by atoms with Crippen LogP contribution in [0.3, 0.4) is 0 Å². The van der Waals surface area contributed by atoms with Crippen molar-refractivity contribution in [3.8, 4) is 0 Å². The number of aliphatic carboxylic acids is 1. The number of carbonyl (C=O) groups is 13. The number of nitrogens with one attached hydrogen (secondary N) is 9. The van der Waals surface area contributed by atoms with Crippen LogP contribution in [0.5, 0.6) is 0 Å².